The fourth-order valence-electron chi connectivity index (χ4n) is 2.99. The molecule has 1 amide bonds. The highest BCUT2D eigenvalue weighted by molar-refractivity contribution is 6.04. The maximum Gasteiger partial charge on any atom is 0.390 e. The molecular weight excluding hydrogens is 353 g/mol. The van der Waals surface area contributed by atoms with Crippen LogP contribution in [0.2, 0.25) is 0 Å². The minimum atomic E-state index is -4.28. The second-order valence-corrected chi connectivity index (χ2v) is 6.24. The van der Waals surface area contributed by atoms with E-state index >= 15 is 0 Å². The third-order valence-corrected chi connectivity index (χ3v) is 4.56. The van der Waals surface area contributed by atoms with Gasteiger partial charge >= 0.3 is 6.18 Å². The minimum absolute atomic E-state index is 0. The Morgan fingerprint density at radius 2 is 1.76 bits per heavy atom. The molecular formula is C18H20ClF3N2O. The number of fused-ring (bicyclic) bond motifs is 1. The SMILES string of the molecule is Cl.Nc1cc2ccccc2cc1C(=O)N(CCC(F)(F)F)C1CCC1. The standard InChI is InChI=1S/C18H19F3N2O.ClH/c19-18(20,21)8-9-23(14-6-3-7-14)17(24)15-10-12-4-1-2-5-13(12)11-16(15)22;/h1-2,4-5,10-11,14H,3,6-9,22H2;1H. The number of benzene rings is 2. The summed E-state index contributed by atoms with van der Waals surface area (Å²) in [7, 11) is 0. The van der Waals surface area contributed by atoms with E-state index in [2.05, 4.69) is 0 Å². The Hall–Kier alpha value is -1.95. The van der Waals surface area contributed by atoms with Crippen LogP contribution < -0.4 is 5.73 Å². The average molecular weight is 373 g/mol. The van der Waals surface area contributed by atoms with Crippen molar-refractivity contribution >= 4 is 34.8 Å². The van der Waals surface area contributed by atoms with Crippen LogP contribution in [0.4, 0.5) is 18.9 Å². The molecule has 136 valence electrons. The fourth-order valence-corrected chi connectivity index (χ4v) is 2.99. The van der Waals surface area contributed by atoms with Crippen LogP contribution >= 0.6 is 12.4 Å². The van der Waals surface area contributed by atoms with Crippen molar-refractivity contribution in [1.82, 2.24) is 4.90 Å². The highest BCUT2D eigenvalue weighted by Gasteiger charge is 2.34. The van der Waals surface area contributed by atoms with E-state index in [1.54, 1.807) is 12.1 Å². The Labute approximate surface area is 150 Å². The van der Waals surface area contributed by atoms with Gasteiger partial charge in [0, 0.05) is 18.3 Å². The van der Waals surface area contributed by atoms with Gasteiger partial charge in [0.05, 0.1) is 12.0 Å². The van der Waals surface area contributed by atoms with Gasteiger partial charge in [0.2, 0.25) is 0 Å². The van der Waals surface area contributed by atoms with E-state index in [9.17, 15) is 18.0 Å². The largest absolute Gasteiger partial charge is 0.398 e. The van der Waals surface area contributed by atoms with Crippen molar-refractivity contribution in [3.8, 4) is 0 Å². The molecule has 1 saturated carbocycles. The van der Waals surface area contributed by atoms with E-state index in [0.29, 0.717) is 5.69 Å². The zero-order valence-electron chi connectivity index (χ0n) is 13.6. The Kier molecular flexibility index (Phi) is 5.83. The van der Waals surface area contributed by atoms with E-state index in [0.717, 1.165) is 30.0 Å². The number of alkyl halides is 3. The molecule has 2 N–H and O–H groups in total. The summed E-state index contributed by atoms with van der Waals surface area (Å²) < 4.78 is 37.8. The molecule has 1 fully saturated rings. The summed E-state index contributed by atoms with van der Waals surface area (Å²) in [4.78, 5) is 14.2. The number of hydrogen-bond acceptors (Lipinski definition) is 2. The van der Waals surface area contributed by atoms with Crippen LogP contribution in [0.1, 0.15) is 36.0 Å². The zero-order chi connectivity index (χ0) is 17.3. The lowest BCUT2D eigenvalue weighted by molar-refractivity contribution is -0.138. The Morgan fingerprint density at radius 3 is 2.28 bits per heavy atom. The molecule has 3 nitrogen and oxygen atoms in total. The van der Waals surface area contributed by atoms with Gasteiger partial charge in [-0.15, -0.1) is 12.4 Å². The number of carbonyl (C=O) groups is 1. The van der Waals surface area contributed by atoms with E-state index in [1.165, 1.54) is 4.90 Å². The summed E-state index contributed by atoms with van der Waals surface area (Å²) in [6, 6.07) is 10.7. The topological polar surface area (TPSA) is 46.3 Å². The Bertz CT molecular complexity index is 760. The fraction of sp³-hybridized carbons (Fsp3) is 0.389. The van der Waals surface area contributed by atoms with Gasteiger partial charge < -0.3 is 10.6 Å². The van der Waals surface area contributed by atoms with Crippen molar-refractivity contribution in [3.05, 3.63) is 42.0 Å². The number of amides is 1. The van der Waals surface area contributed by atoms with Crippen LogP contribution in [0.25, 0.3) is 10.8 Å². The maximum atomic E-state index is 12.8. The van der Waals surface area contributed by atoms with Gasteiger partial charge in [0.25, 0.3) is 5.91 Å². The van der Waals surface area contributed by atoms with Crippen LogP contribution in [0.15, 0.2) is 36.4 Å². The first-order valence-electron chi connectivity index (χ1n) is 8.01. The number of nitrogens with zero attached hydrogens (tertiary/aromatic N) is 1. The number of rotatable bonds is 4. The van der Waals surface area contributed by atoms with Crippen LogP contribution in [-0.4, -0.2) is 29.6 Å². The number of nitrogen functional groups attached to an aromatic ring is 1. The second kappa shape index (κ2) is 7.52. The lowest BCUT2D eigenvalue weighted by atomic mass is 9.90. The van der Waals surface area contributed by atoms with Crippen molar-refractivity contribution in [2.75, 3.05) is 12.3 Å². The molecule has 0 saturated heterocycles. The molecule has 0 heterocycles. The molecule has 7 heteroatoms. The van der Waals surface area contributed by atoms with Gasteiger partial charge in [-0.1, -0.05) is 24.3 Å². The molecule has 0 aromatic heterocycles. The molecule has 2 aromatic rings. The summed E-state index contributed by atoms with van der Waals surface area (Å²) in [5.74, 6) is -0.410. The van der Waals surface area contributed by atoms with E-state index in [1.807, 2.05) is 24.3 Å². The lowest BCUT2D eigenvalue weighted by Crippen LogP contribution is -2.45. The predicted octanol–water partition coefficient (Wildman–Crippen LogP) is 4.79. The summed E-state index contributed by atoms with van der Waals surface area (Å²) in [6.07, 6.45) is -2.85. The van der Waals surface area contributed by atoms with Gasteiger partial charge in [0.15, 0.2) is 0 Å². The van der Waals surface area contributed by atoms with E-state index in [-0.39, 0.29) is 30.6 Å². The third kappa shape index (κ3) is 4.37. The lowest BCUT2D eigenvalue weighted by Gasteiger charge is -2.38. The van der Waals surface area contributed by atoms with Crippen molar-refractivity contribution < 1.29 is 18.0 Å². The summed E-state index contributed by atoms with van der Waals surface area (Å²) in [5, 5.41) is 1.75. The summed E-state index contributed by atoms with van der Waals surface area (Å²) in [5.41, 5.74) is 6.58. The second-order valence-electron chi connectivity index (χ2n) is 6.24. The number of nitrogens with two attached hydrogens (primary N) is 1. The van der Waals surface area contributed by atoms with Crippen LogP contribution in [-0.2, 0) is 0 Å². The molecule has 0 aliphatic heterocycles. The van der Waals surface area contributed by atoms with Crippen molar-refractivity contribution in [1.29, 1.82) is 0 Å². The molecule has 1 aliphatic carbocycles. The molecule has 0 unspecified atom stereocenters. The normalized spacial score (nSPS) is 14.7. The van der Waals surface area contributed by atoms with Crippen molar-refractivity contribution in [2.24, 2.45) is 0 Å². The van der Waals surface area contributed by atoms with Crippen LogP contribution in [0.3, 0.4) is 0 Å². The number of anilines is 1. The quantitative estimate of drug-likeness (QED) is 0.784. The van der Waals surface area contributed by atoms with Gasteiger partial charge in [-0.25, -0.2) is 0 Å². The first-order valence-corrected chi connectivity index (χ1v) is 8.01. The molecule has 0 atom stereocenters. The molecule has 0 spiro atoms. The van der Waals surface area contributed by atoms with Gasteiger partial charge in [0.1, 0.15) is 0 Å². The highest BCUT2D eigenvalue weighted by atomic mass is 35.5. The van der Waals surface area contributed by atoms with Crippen LogP contribution in [0, 0.1) is 0 Å². The predicted molar refractivity (Wildman–Crippen MR) is 95.0 cm³/mol. The van der Waals surface area contributed by atoms with E-state index < -0.39 is 18.5 Å². The third-order valence-electron chi connectivity index (χ3n) is 4.56. The Morgan fingerprint density at radius 1 is 1.16 bits per heavy atom. The summed E-state index contributed by atoms with van der Waals surface area (Å²) >= 11 is 0. The van der Waals surface area contributed by atoms with Crippen molar-refractivity contribution in [3.63, 3.8) is 0 Å². The van der Waals surface area contributed by atoms with E-state index in [4.69, 9.17) is 5.73 Å². The highest BCUT2D eigenvalue weighted by Crippen LogP contribution is 2.31. The van der Waals surface area contributed by atoms with Gasteiger partial charge in [-0.2, -0.15) is 13.2 Å². The maximum absolute atomic E-state index is 12.8. The molecule has 2 aromatic carbocycles. The first-order chi connectivity index (χ1) is 11.3. The number of carbonyl (C=O) groups excluding carboxylic acids is 1. The molecule has 25 heavy (non-hydrogen) atoms. The number of halogens is 4. The number of hydrogen-bond donors (Lipinski definition) is 1. The Balaban J connectivity index is 0.00000225. The molecule has 1 aliphatic rings. The monoisotopic (exact) mass is 372 g/mol. The smallest absolute Gasteiger partial charge is 0.390 e. The van der Waals surface area contributed by atoms with Crippen molar-refractivity contribution in [2.45, 2.75) is 37.9 Å². The minimum Gasteiger partial charge on any atom is -0.398 e. The van der Waals surface area contributed by atoms with Gasteiger partial charge in [-0.3, -0.25) is 4.79 Å². The summed E-state index contributed by atoms with van der Waals surface area (Å²) in [6.45, 7) is -0.320. The van der Waals surface area contributed by atoms with Crippen LogP contribution in [0.5, 0.6) is 0 Å². The molecule has 0 radical (unpaired) electrons. The first kappa shape index (κ1) is 19.4. The van der Waals surface area contributed by atoms with Gasteiger partial charge in [-0.05, 0) is 42.2 Å². The average Bonchev–Trinajstić information content (AvgIpc) is 2.47. The zero-order valence-corrected chi connectivity index (χ0v) is 14.4. The molecule has 0 bridgehead atoms. The molecule has 3 rings (SSSR count).